The van der Waals surface area contributed by atoms with Crippen LogP contribution in [0.25, 0.3) is 0 Å². The van der Waals surface area contributed by atoms with E-state index in [4.69, 9.17) is 0 Å². The Morgan fingerprint density at radius 3 is 2.64 bits per heavy atom. The standard InChI is InChI=1S/C18H15NO3/c1-10-9-15-12-6-4-7-13(18(21)22)16(12)17(20)19(15)14-8-3-2-5-11(10)14/h2-8,10,15H,9H2,1H3,(H,21,22)/p-1. The molecule has 4 nitrogen and oxygen atoms in total. The largest absolute Gasteiger partial charge is 0.545 e. The quantitative estimate of drug-likeness (QED) is 0.810. The molecule has 0 aliphatic carbocycles. The maximum atomic E-state index is 12.9. The molecule has 0 N–H and O–H groups in total. The van der Waals surface area contributed by atoms with E-state index in [1.54, 1.807) is 11.0 Å². The predicted octanol–water partition coefficient (Wildman–Crippen LogP) is 2.26. The molecule has 2 aromatic rings. The highest BCUT2D eigenvalue weighted by molar-refractivity contribution is 6.16. The summed E-state index contributed by atoms with van der Waals surface area (Å²) in [5, 5.41) is 11.3. The van der Waals surface area contributed by atoms with E-state index in [9.17, 15) is 14.7 Å². The Bertz CT molecular complexity index is 812. The molecule has 2 heterocycles. The third-order valence-electron chi connectivity index (χ3n) is 4.72. The number of carboxylic acids is 1. The maximum absolute atomic E-state index is 12.9. The second-order valence-corrected chi connectivity index (χ2v) is 5.94. The van der Waals surface area contributed by atoms with Crippen LogP contribution < -0.4 is 10.0 Å². The maximum Gasteiger partial charge on any atom is 0.259 e. The van der Waals surface area contributed by atoms with Crippen LogP contribution in [-0.4, -0.2) is 11.9 Å². The van der Waals surface area contributed by atoms with E-state index in [-0.39, 0.29) is 23.1 Å². The highest BCUT2D eigenvalue weighted by Gasteiger charge is 2.43. The Kier molecular flexibility index (Phi) is 2.64. The van der Waals surface area contributed by atoms with Gasteiger partial charge in [-0.25, -0.2) is 0 Å². The lowest BCUT2D eigenvalue weighted by Crippen LogP contribution is -2.33. The van der Waals surface area contributed by atoms with Crippen molar-refractivity contribution in [3.05, 3.63) is 64.7 Å². The number of para-hydroxylation sites is 1. The van der Waals surface area contributed by atoms with Crippen molar-refractivity contribution in [2.75, 3.05) is 4.90 Å². The number of benzene rings is 2. The average molecular weight is 292 g/mol. The summed E-state index contributed by atoms with van der Waals surface area (Å²) < 4.78 is 0. The van der Waals surface area contributed by atoms with Crippen molar-refractivity contribution in [3.8, 4) is 0 Å². The third kappa shape index (κ3) is 1.58. The summed E-state index contributed by atoms with van der Waals surface area (Å²) in [6, 6.07) is 12.7. The first-order valence-corrected chi connectivity index (χ1v) is 7.36. The van der Waals surface area contributed by atoms with E-state index >= 15 is 0 Å². The van der Waals surface area contributed by atoms with E-state index in [0.717, 1.165) is 23.2 Å². The molecule has 2 atom stereocenters. The van der Waals surface area contributed by atoms with Gasteiger partial charge in [-0.1, -0.05) is 43.3 Å². The fourth-order valence-corrected chi connectivity index (χ4v) is 3.75. The van der Waals surface area contributed by atoms with Gasteiger partial charge < -0.3 is 14.8 Å². The van der Waals surface area contributed by atoms with Crippen LogP contribution in [0.1, 0.15) is 57.1 Å². The van der Waals surface area contributed by atoms with Crippen molar-refractivity contribution in [2.24, 2.45) is 0 Å². The highest BCUT2D eigenvalue weighted by Crippen LogP contribution is 2.49. The van der Waals surface area contributed by atoms with Crippen LogP contribution in [0.4, 0.5) is 5.69 Å². The zero-order valence-corrected chi connectivity index (χ0v) is 12.1. The number of carbonyl (C=O) groups excluding carboxylic acids is 2. The third-order valence-corrected chi connectivity index (χ3v) is 4.72. The molecule has 0 spiro atoms. The van der Waals surface area contributed by atoms with Crippen LogP contribution in [0.3, 0.4) is 0 Å². The van der Waals surface area contributed by atoms with E-state index in [1.165, 1.54) is 6.07 Å². The monoisotopic (exact) mass is 292 g/mol. The number of amides is 1. The summed E-state index contributed by atoms with van der Waals surface area (Å²) in [5.74, 6) is -1.21. The lowest BCUT2D eigenvalue weighted by atomic mass is 9.85. The first-order chi connectivity index (χ1) is 10.6. The van der Waals surface area contributed by atoms with Gasteiger partial charge in [0.2, 0.25) is 0 Å². The number of aromatic carboxylic acids is 1. The normalized spacial score (nSPS) is 22.0. The average Bonchev–Trinajstić information content (AvgIpc) is 2.81. The number of fused-ring (bicyclic) bond motifs is 5. The van der Waals surface area contributed by atoms with Crippen molar-refractivity contribution in [2.45, 2.75) is 25.3 Å². The van der Waals surface area contributed by atoms with Crippen LogP contribution in [0.2, 0.25) is 0 Å². The van der Waals surface area contributed by atoms with Gasteiger partial charge in [-0.15, -0.1) is 0 Å². The highest BCUT2D eigenvalue weighted by atomic mass is 16.4. The lowest BCUT2D eigenvalue weighted by Gasteiger charge is -2.35. The van der Waals surface area contributed by atoms with Crippen molar-refractivity contribution in [3.63, 3.8) is 0 Å². The molecule has 2 aromatic carbocycles. The SMILES string of the molecule is CC1CC2c3cccc(C(=O)[O-])c3C(=O)N2c2ccccc21. The first kappa shape index (κ1) is 13.1. The minimum Gasteiger partial charge on any atom is -0.545 e. The summed E-state index contributed by atoms with van der Waals surface area (Å²) in [6.45, 7) is 2.14. The van der Waals surface area contributed by atoms with Crippen LogP contribution >= 0.6 is 0 Å². The second-order valence-electron chi connectivity index (χ2n) is 5.94. The molecule has 1 amide bonds. The molecule has 110 valence electrons. The van der Waals surface area contributed by atoms with Gasteiger partial charge in [0, 0.05) is 11.3 Å². The van der Waals surface area contributed by atoms with Gasteiger partial charge in [-0.2, -0.15) is 0 Å². The lowest BCUT2D eigenvalue weighted by molar-refractivity contribution is -0.255. The number of nitrogens with zero attached hydrogens (tertiary/aromatic N) is 1. The van der Waals surface area contributed by atoms with E-state index < -0.39 is 5.97 Å². The Hall–Kier alpha value is -2.62. The van der Waals surface area contributed by atoms with Crippen LogP contribution in [-0.2, 0) is 0 Å². The number of carboxylic acid groups (broad SMARTS) is 1. The number of carbonyl (C=O) groups is 2. The molecule has 0 saturated heterocycles. The van der Waals surface area contributed by atoms with Gasteiger partial charge >= 0.3 is 0 Å². The molecule has 22 heavy (non-hydrogen) atoms. The minimum atomic E-state index is -1.30. The number of hydrogen-bond acceptors (Lipinski definition) is 3. The van der Waals surface area contributed by atoms with E-state index in [1.807, 2.05) is 30.3 Å². The van der Waals surface area contributed by atoms with Crippen LogP contribution in [0.5, 0.6) is 0 Å². The summed E-state index contributed by atoms with van der Waals surface area (Å²) in [5.41, 5.74) is 3.10. The topological polar surface area (TPSA) is 60.4 Å². The van der Waals surface area contributed by atoms with Crippen molar-refractivity contribution >= 4 is 17.6 Å². The van der Waals surface area contributed by atoms with Crippen molar-refractivity contribution in [1.82, 2.24) is 0 Å². The fraction of sp³-hybridized carbons (Fsp3) is 0.222. The zero-order valence-electron chi connectivity index (χ0n) is 12.1. The zero-order chi connectivity index (χ0) is 15.4. The Morgan fingerprint density at radius 2 is 1.86 bits per heavy atom. The van der Waals surface area contributed by atoms with E-state index in [0.29, 0.717) is 5.92 Å². The van der Waals surface area contributed by atoms with Crippen LogP contribution in [0, 0.1) is 0 Å². The molecule has 0 radical (unpaired) electrons. The Labute approximate surface area is 128 Å². The molecular formula is C18H14NO3-. The fourth-order valence-electron chi connectivity index (χ4n) is 3.75. The smallest absolute Gasteiger partial charge is 0.259 e. The predicted molar refractivity (Wildman–Crippen MR) is 79.8 cm³/mol. The van der Waals surface area contributed by atoms with Crippen molar-refractivity contribution in [1.29, 1.82) is 0 Å². The number of rotatable bonds is 1. The number of hydrogen-bond donors (Lipinski definition) is 0. The minimum absolute atomic E-state index is 0.0120. The summed E-state index contributed by atoms with van der Waals surface area (Å²) in [4.78, 5) is 25.9. The molecule has 0 bridgehead atoms. The summed E-state index contributed by atoms with van der Waals surface area (Å²) in [7, 11) is 0. The van der Waals surface area contributed by atoms with Gasteiger partial charge in [0.1, 0.15) is 0 Å². The van der Waals surface area contributed by atoms with E-state index in [2.05, 4.69) is 6.92 Å². The van der Waals surface area contributed by atoms with Crippen LogP contribution in [0.15, 0.2) is 42.5 Å². The summed E-state index contributed by atoms with van der Waals surface area (Å²) in [6.07, 6.45) is 0.798. The van der Waals surface area contributed by atoms with Crippen molar-refractivity contribution < 1.29 is 14.7 Å². The molecule has 2 aliphatic rings. The molecule has 2 aliphatic heterocycles. The number of anilines is 1. The molecule has 0 fully saturated rings. The summed E-state index contributed by atoms with van der Waals surface area (Å²) >= 11 is 0. The van der Waals surface area contributed by atoms with Gasteiger partial charge in [0.25, 0.3) is 5.91 Å². The Morgan fingerprint density at radius 1 is 1.14 bits per heavy atom. The molecular weight excluding hydrogens is 278 g/mol. The molecule has 4 rings (SSSR count). The van der Waals surface area contributed by atoms with Gasteiger partial charge in [0.05, 0.1) is 17.6 Å². The molecule has 2 unspecified atom stereocenters. The van der Waals surface area contributed by atoms with Gasteiger partial charge in [0.15, 0.2) is 0 Å². The molecule has 0 aromatic heterocycles. The Balaban J connectivity index is 1.95. The van der Waals surface area contributed by atoms with Gasteiger partial charge in [-0.05, 0) is 29.5 Å². The first-order valence-electron chi connectivity index (χ1n) is 7.36. The molecule has 4 heteroatoms. The molecule has 0 saturated carbocycles. The van der Waals surface area contributed by atoms with Gasteiger partial charge in [-0.3, -0.25) is 4.79 Å². The second kappa shape index (κ2) is 4.44.